The topological polar surface area (TPSA) is 52.2 Å². The van der Waals surface area contributed by atoms with Crippen molar-refractivity contribution >= 4 is 22.6 Å². The molecular formula is C20H22N4O. The van der Waals surface area contributed by atoms with E-state index < -0.39 is 0 Å². The second kappa shape index (κ2) is 6.59. The van der Waals surface area contributed by atoms with Gasteiger partial charge in [0.1, 0.15) is 11.5 Å². The number of aromatic amines is 1. The Morgan fingerprint density at radius 1 is 1.24 bits per heavy atom. The first-order chi connectivity index (χ1) is 12.2. The summed E-state index contributed by atoms with van der Waals surface area (Å²) in [4.78, 5) is 24.7. The Hall–Kier alpha value is -2.82. The lowest BCUT2D eigenvalue weighted by atomic mass is 10.0. The summed E-state index contributed by atoms with van der Waals surface area (Å²) in [6.45, 7) is 1.81. The Balaban J connectivity index is 1.51. The van der Waals surface area contributed by atoms with Crippen LogP contribution in [0, 0.1) is 0 Å². The van der Waals surface area contributed by atoms with Crippen molar-refractivity contribution in [1.82, 2.24) is 14.9 Å². The van der Waals surface area contributed by atoms with Crippen molar-refractivity contribution in [2.24, 2.45) is 0 Å². The summed E-state index contributed by atoms with van der Waals surface area (Å²) in [6.07, 6.45) is 3.90. The van der Waals surface area contributed by atoms with Crippen LogP contribution in [0.2, 0.25) is 0 Å². The maximum absolute atomic E-state index is 12.9. The van der Waals surface area contributed by atoms with Crippen LogP contribution in [0.5, 0.6) is 0 Å². The zero-order chi connectivity index (χ0) is 17.2. The van der Waals surface area contributed by atoms with Crippen LogP contribution in [0.25, 0.3) is 10.9 Å². The Kier molecular flexibility index (Phi) is 4.14. The standard InChI is InChI=1S/C20H22N4O/c1-23(20(25)18-13-15-7-2-3-9-17(15)22-18)16-8-6-12-24(14-16)19-10-4-5-11-21-19/h2-5,7,9-11,13,16,22H,6,8,12,14H2,1H3/t16-/m1/s1. The van der Waals surface area contributed by atoms with E-state index in [9.17, 15) is 4.79 Å². The number of nitrogens with zero attached hydrogens (tertiary/aromatic N) is 3. The minimum Gasteiger partial charge on any atom is -0.355 e. The summed E-state index contributed by atoms with van der Waals surface area (Å²) < 4.78 is 0. The van der Waals surface area contributed by atoms with E-state index in [4.69, 9.17) is 0 Å². The number of hydrogen-bond donors (Lipinski definition) is 1. The lowest BCUT2D eigenvalue weighted by molar-refractivity contribution is 0.0712. The number of carbonyl (C=O) groups is 1. The molecule has 1 saturated heterocycles. The number of hydrogen-bond acceptors (Lipinski definition) is 3. The van der Waals surface area contributed by atoms with Gasteiger partial charge in [-0.2, -0.15) is 0 Å². The summed E-state index contributed by atoms with van der Waals surface area (Å²) in [6, 6.07) is 16.1. The number of anilines is 1. The number of likely N-dealkylation sites (N-methyl/N-ethyl adjacent to an activating group) is 1. The molecule has 0 saturated carbocycles. The normalized spacial score (nSPS) is 17.6. The van der Waals surface area contributed by atoms with Crippen LogP contribution < -0.4 is 4.90 Å². The van der Waals surface area contributed by atoms with Gasteiger partial charge in [0.05, 0.1) is 0 Å². The van der Waals surface area contributed by atoms with Crippen molar-refractivity contribution in [3.63, 3.8) is 0 Å². The molecule has 2 aromatic heterocycles. The highest BCUT2D eigenvalue weighted by Gasteiger charge is 2.27. The lowest BCUT2D eigenvalue weighted by Gasteiger charge is -2.38. The second-order valence-corrected chi connectivity index (χ2v) is 6.62. The summed E-state index contributed by atoms with van der Waals surface area (Å²) in [5.41, 5.74) is 1.65. The Morgan fingerprint density at radius 3 is 2.88 bits per heavy atom. The van der Waals surface area contributed by atoms with Crippen molar-refractivity contribution in [3.8, 4) is 0 Å². The zero-order valence-electron chi connectivity index (χ0n) is 14.4. The first-order valence-corrected chi connectivity index (χ1v) is 8.73. The number of H-pyrrole nitrogens is 1. The molecule has 0 unspecified atom stereocenters. The van der Waals surface area contributed by atoms with Gasteiger partial charge in [0.2, 0.25) is 0 Å². The van der Waals surface area contributed by atoms with E-state index in [0.29, 0.717) is 5.69 Å². The van der Waals surface area contributed by atoms with Crippen LogP contribution >= 0.6 is 0 Å². The molecule has 128 valence electrons. The number of benzene rings is 1. The van der Waals surface area contributed by atoms with Crippen LogP contribution in [-0.4, -0.2) is 47.0 Å². The van der Waals surface area contributed by atoms with E-state index in [0.717, 1.165) is 42.7 Å². The maximum Gasteiger partial charge on any atom is 0.270 e. The fraction of sp³-hybridized carbons (Fsp3) is 0.300. The van der Waals surface area contributed by atoms with E-state index in [-0.39, 0.29) is 11.9 Å². The van der Waals surface area contributed by atoms with Crippen LogP contribution in [0.3, 0.4) is 0 Å². The molecule has 25 heavy (non-hydrogen) atoms. The number of fused-ring (bicyclic) bond motifs is 1. The molecule has 0 spiro atoms. The molecule has 3 aromatic rings. The minimum absolute atomic E-state index is 0.0454. The highest BCUT2D eigenvalue weighted by atomic mass is 16.2. The monoisotopic (exact) mass is 334 g/mol. The summed E-state index contributed by atoms with van der Waals surface area (Å²) in [5.74, 6) is 1.03. The SMILES string of the molecule is CN(C(=O)c1cc2ccccc2[nH]1)[C@@H]1CCCN(c2ccccn2)C1. The van der Waals surface area contributed by atoms with Gasteiger partial charge >= 0.3 is 0 Å². The first-order valence-electron chi connectivity index (χ1n) is 8.73. The number of nitrogens with one attached hydrogen (secondary N) is 1. The van der Waals surface area contributed by atoms with Gasteiger partial charge in [0, 0.05) is 43.3 Å². The van der Waals surface area contributed by atoms with Crippen LogP contribution in [0.1, 0.15) is 23.3 Å². The highest BCUT2D eigenvalue weighted by molar-refractivity contribution is 5.98. The second-order valence-electron chi connectivity index (χ2n) is 6.62. The highest BCUT2D eigenvalue weighted by Crippen LogP contribution is 2.22. The fourth-order valence-electron chi connectivity index (χ4n) is 3.56. The van der Waals surface area contributed by atoms with Crippen molar-refractivity contribution in [1.29, 1.82) is 0 Å². The smallest absolute Gasteiger partial charge is 0.270 e. The molecule has 3 heterocycles. The van der Waals surface area contributed by atoms with Crippen molar-refractivity contribution in [2.75, 3.05) is 25.0 Å². The molecule has 0 bridgehead atoms. The molecule has 1 aliphatic rings. The van der Waals surface area contributed by atoms with Gasteiger partial charge in [-0.15, -0.1) is 0 Å². The molecule has 1 N–H and O–H groups in total. The fourth-order valence-corrected chi connectivity index (χ4v) is 3.56. The molecule has 1 atom stereocenters. The Labute approximate surface area is 147 Å². The van der Waals surface area contributed by atoms with E-state index >= 15 is 0 Å². The quantitative estimate of drug-likeness (QED) is 0.799. The molecule has 1 amide bonds. The van der Waals surface area contributed by atoms with Gasteiger partial charge in [-0.1, -0.05) is 24.3 Å². The molecule has 1 fully saturated rings. The molecule has 5 nitrogen and oxygen atoms in total. The van der Waals surface area contributed by atoms with Crippen LogP contribution in [-0.2, 0) is 0 Å². The molecule has 1 aliphatic heterocycles. The average molecular weight is 334 g/mol. The lowest BCUT2D eigenvalue weighted by Crippen LogP contribution is -2.49. The third-order valence-electron chi connectivity index (χ3n) is 5.00. The van der Waals surface area contributed by atoms with E-state index in [1.54, 1.807) is 0 Å². The van der Waals surface area contributed by atoms with E-state index in [1.165, 1.54) is 0 Å². The van der Waals surface area contributed by atoms with Gasteiger partial charge < -0.3 is 14.8 Å². The van der Waals surface area contributed by atoms with Gasteiger partial charge in [-0.25, -0.2) is 4.98 Å². The summed E-state index contributed by atoms with van der Waals surface area (Å²) in [5, 5.41) is 1.07. The molecule has 5 heteroatoms. The number of rotatable bonds is 3. The molecule has 4 rings (SSSR count). The zero-order valence-corrected chi connectivity index (χ0v) is 14.4. The van der Waals surface area contributed by atoms with Crippen molar-refractivity contribution in [2.45, 2.75) is 18.9 Å². The molecule has 1 aromatic carbocycles. The predicted molar refractivity (Wildman–Crippen MR) is 99.9 cm³/mol. The largest absolute Gasteiger partial charge is 0.355 e. The van der Waals surface area contributed by atoms with E-state index in [2.05, 4.69) is 14.9 Å². The average Bonchev–Trinajstić information content (AvgIpc) is 3.12. The van der Waals surface area contributed by atoms with Crippen LogP contribution in [0.15, 0.2) is 54.7 Å². The summed E-state index contributed by atoms with van der Waals surface area (Å²) in [7, 11) is 1.90. The number of para-hydroxylation sites is 1. The Morgan fingerprint density at radius 2 is 2.08 bits per heavy atom. The minimum atomic E-state index is 0.0454. The third-order valence-corrected chi connectivity index (χ3v) is 5.00. The van der Waals surface area contributed by atoms with Gasteiger partial charge in [0.15, 0.2) is 0 Å². The molecular weight excluding hydrogens is 312 g/mol. The number of pyridine rings is 1. The van der Waals surface area contributed by atoms with Crippen LogP contribution in [0.4, 0.5) is 5.82 Å². The number of amides is 1. The third kappa shape index (κ3) is 3.09. The Bertz CT molecular complexity index is 841. The molecule has 0 radical (unpaired) electrons. The number of piperidine rings is 1. The summed E-state index contributed by atoms with van der Waals surface area (Å²) >= 11 is 0. The van der Waals surface area contributed by atoms with Crippen molar-refractivity contribution in [3.05, 3.63) is 60.4 Å². The van der Waals surface area contributed by atoms with Crippen molar-refractivity contribution < 1.29 is 4.79 Å². The number of aromatic nitrogens is 2. The van der Waals surface area contributed by atoms with Gasteiger partial charge in [-0.3, -0.25) is 4.79 Å². The van der Waals surface area contributed by atoms with E-state index in [1.807, 2.05) is 66.7 Å². The van der Waals surface area contributed by atoms with Gasteiger partial charge in [0.25, 0.3) is 5.91 Å². The number of carbonyl (C=O) groups excluding carboxylic acids is 1. The predicted octanol–water partition coefficient (Wildman–Crippen LogP) is 3.30. The maximum atomic E-state index is 12.9. The van der Waals surface area contributed by atoms with Gasteiger partial charge in [-0.05, 0) is 37.1 Å². The molecule has 0 aliphatic carbocycles. The first kappa shape index (κ1) is 15.7.